The fraction of sp³-hybridized carbons (Fsp3) is 0.448. The van der Waals surface area contributed by atoms with Gasteiger partial charge in [-0.05, 0) is 69.4 Å². The highest BCUT2D eigenvalue weighted by molar-refractivity contribution is 6.09. The Hall–Kier alpha value is -3.92. The van der Waals surface area contributed by atoms with Gasteiger partial charge < -0.3 is 26.0 Å². The van der Waals surface area contributed by atoms with Crippen LogP contribution in [0.25, 0.3) is 0 Å². The van der Waals surface area contributed by atoms with E-state index in [0.717, 1.165) is 10.5 Å². The normalized spacial score (nSPS) is 16.3. The predicted molar refractivity (Wildman–Crippen MR) is 150 cm³/mol. The van der Waals surface area contributed by atoms with Crippen LogP contribution in [0.1, 0.15) is 53.0 Å². The largest absolute Gasteiger partial charge is 0.396 e. The molecule has 4 N–H and O–H groups in total. The molecular weight excluding hydrogens is 498 g/mol. The molecule has 2 atom stereocenters. The van der Waals surface area contributed by atoms with Crippen LogP contribution in [0.5, 0.6) is 0 Å². The molecule has 3 rings (SSSR count). The molecule has 1 fully saturated rings. The van der Waals surface area contributed by atoms with Crippen molar-refractivity contribution >= 4 is 35.3 Å². The molecule has 0 radical (unpaired) electrons. The number of benzene rings is 2. The van der Waals surface area contributed by atoms with Gasteiger partial charge in [-0.3, -0.25) is 9.59 Å². The molecule has 10 heteroatoms. The molecule has 1 heterocycles. The Morgan fingerprint density at radius 2 is 1.51 bits per heavy atom. The Morgan fingerprint density at radius 3 is 2.08 bits per heavy atom. The SMILES string of the molecule is CC(C)C[C@@H](C(=O)N[C@H](C)CCO)N1C(=O)N(Cc2ccc(NC(=O)Nc3ccccc3)cc2)C(C)(C)C1=O. The summed E-state index contributed by atoms with van der Waals surface area (Å²) < 4.78 is 0. The number of amides is 6. The minimum Gasteiger partial charge on any atom is -0.396 e. The topological polar surface area (TPSA) is 131 Å². The van der Waals surface area contributed by atoms with Gasteiger partial charge in [0.25, 0.3) is 5.91 Å². The summed E-state index contributed by atoms with van der Waals surface area (Å²) in [7, 11) is 0. The monoisotopic (exact) mass is 537 g/mol. The fourth-order valence-corrected chi connectivity index (χ4v) is 4.48. The number of urea groups is 2. The number of hydrogen-bond acceptors (Lipinski definition) is 5. The summed E-state index contributed by atoms with van der Waals surface area (Å²) in [6, 6.07) is 13.9. The van der Waals surface area contributed by atoms with Gasteiger partial charge in [-0.2, -0.15) is 0 Å². The number of aliphatic hydroxyl groups is 1. The number of aliphatic hydroxyl groups excluding tert-OH is 1. The van der Waals surface area contributed by atoms with Crippen molar-refractivity contribution in [1.82, 2.24) is 15.1 Å². The molecule has 0 aromatic heterocycles. The molecule has 10 nitrogen and oxygen atoms in total. The lowest BCUT2D eigenvalue weighted by atomic mass is 9.99. The van der Waals surface area contributed by atoms with Crippen LogP contribution in [0.15, 0.2) is 54.6 Å². The molecule has 2 aromatic rings. The highest BCUT2D eigenvalue weighted by Gasteiger charge is 2.54. The molecule has 1 aliphatic rings. The Kier molecular flexibility index (Phi) is 9.69. The van der Waals surface area contributed by atoms with Crippen molar-refractivity contribution in [3.8, 4) is 0 Å². The number of nitrogens with zero attached hydrogens (tertiary/aromatic N) is 2. The number of para-hydroxylation sites is 1. The molecule has 1 aliphatic heterocycles. The third-order valence-electron chi connectivity index (χ3n) is 6.70. The van der Waals surface area contributed by atoms with Crippen LogP contribution in [0.3, 0.4) is 0 Å². The molecule has 210 valence electrons. The minimum absolute atomic E-state index is 0.0609. The first kappa shape index (κ1) is 29.6. The van der Waals surface area contributed by atoms with Crippen molar-refractivity contribution in [2.75, 3.05) is 17.2 Å². The number of carbonyl (C=O) groups excluding carboxylic acids is 4. The minimum atomic E-state index is -1.16. The second kappa shape index (κ2) is 12.8. The lowest BCUT2D eigenvalue weighted by Crippen LogP contribution is -2.53. The molecule has 0 spiro atoms. The molecule has 6 amide bonds. The standard InChI is InChI=1S/C29H39N5O5/c1-19(2)17-24(25(36)30-20(3)15-16-35)34-26(37)29(4,5)33(28(34)39)18-21-11-13-23(14-12-21)32-27(38)31-22-9-7-6-8-10-22/h6-14,19-20,24,35H,15-18H2,1-5H3,(H,30,36)(H2,31,32,38)/t20-,24+/m1/s1. The smallest absolute Gasteiger partial charge is 0.328 e. The molecule has 39 heavy (non-hydrogen) atoms. The molecule has 2 aromatic carbocycles. The van der Waals surface area contributed by atoms with E-state index >= 15 is 0 Å². The van der Waals surface area contributed by atoms with E-state index in [-0.39, 0.29) is 31.1 Å². The molecular formula is C29H39N5O5. The summed E-state index contributed by atoms with van der Waals surface area (Å²) in [5, 5.41) is 17.5. The summed E-state index contributed by atoms with van der Waals surface area (Å²) >= 11 is 0. The number of rotatable bonds is 11. The third-order valence-corrected chi connectivity index (χ3v) is 6.70. The number of hydrogen-bond donors (Lipinski definition) is 4. The first-order valence-corrected chi connectivity index (χ1v) is 13.2. The van der Waals surface area contributed by atoms with Gasteiger partial charge in [0, 0.05) is 30.6 Å². The number of anilines is 2. The van der Waals surface area contributed by atoms with Crippen LogP contribution in [-0.2, 0) is 16.1 Å². The Bertz CT molecular complexity index is 1170. The lowest BCUT2D eigenvalue weighted by Gasteiger charge is -2.28. The first-order chi connectivity index (χ1) is 18.4. The lowest BCUT2D eigenvalue weighted by molar-refractivity contribution is -0.139. The summed E-state index contributed by atoms with van der Waals surface area (Å²) in [6.07, 6.45) is 0.697. The van der Waals surface area contributed by atoms with Crippen LogP contribution in [0.4, 0.5) is 21.0 Å². The molecule has 0 aliphatic carbocycles. The van der Waals surface area contributed by atoms with Gasteiger partial charge in [-0.1, -0.05) is 44.2 Å². The maximum atomic E-state index is 13.6. The van der Waals surface area contributed by atoms with Crippen LogP contribution in [-0.4, -0.2) is 63.0 Å². The molecule has 0 bridgehead atoms. The van der Waals surface area contributed by atoms with Crippen molar-refractivity contribution in [2.24, 2.45) is 5.92 Å². The van der Waals surface area contributed by atoms with Crippen molar-refractivity contribution in [3.63, 3.8) is 0 Å². The highest BCUT2D eigenvalue weighted by Crippen LogP contribution is 2.32. The molecule has 1 saturated heterocycles. The van der Waals surface area contributed by atoms with Gasteiger partial charge in [0.05, 0.1) is 0 Å². The third kappa shape index (κ3) is 7.35. The van der Waals surface area contributed by atoms with E-state index < -0.39 is 29.4 Å². The molecule has 0 unspecified atom stereocenters. The summed E-state index contributed by atoms with van der Waals surface area (Å²) in [6.45, 7) is 9.06. The summed E-state index contributed by atoms with van der Waals surface area (Å²) in [4.78, 5) is 55.1. The van der Waals surface area contributed by atoms with E-state index in [9.17, 15) is 24.3 Å². The summed E-state index contributed by atoms with van der Waals surface area (Å²) in [5.41, 5.74) is 0.850. The van der Waals surface area contributed by atoms with E-state index in [1.807, 2.05) is 32.0 Å². The van der Waals surface area contributed by atoms with Crippen molar-refractivity contribution in [1.29, 1.82) is 0 Å². The van der Waals surface area contributed by atoms with E-state index in [1.165, 1.54) is 4.90 Å². The first-order valence-electron chi connectivity index (χ1n) is 13.2. The van der Waals surface area contributed by atoms with E-state index in [4.69, 9.17) is 0 Å². The van der Waals surface area contributed by atoms with Gasteiger partial charge in [-0.15, -0.1) is 0 Å². The Balaban J connectivity index is 1.73. The van der Waals surface area contributed by atoms with Crippen LogP contribution in [0, 0.1) is 5.92 Å². The predicted octanol–water partition coefficient (Wildman–Crippen LogP) is 4.18. The zero-order valence-corrected chi connectivity index (χ0v) is 23.2. The second-order valence-electron chi connectivity index (χ2n) is 10.8. The molecule has 0 saturated carbocycles. The van der Waals surface area contributed by atoms with Gasteiger partial charge in [-0.25, -0.2) is 14.5 Å². The van der Waals surface area contributed by atoms with E-state index in [1.54, 1.807) is 57.2 Å². The van der Waals surface area contributed by atoms with Crippen LogP contribution in [0.2, 0.25) is 0 Å². The van der Waals surface area contributed by atoms with Gasteiger partial charge in [0.15, 0.2) is 0 Å². The zero-order chi connectivity index (χ0) is 28.7. The fourth-order valence-electron chi connectivity index (χ4n) is 4.48. The second-order valence-corrected chi connectivity index (χ2v) is 10.8. The van der Waals surface area contributed by atoms with Crippen molar-refractivity contribution in [2.45, 2.75) is 71.6 Å². The van der Waals surface area contributed by atoms with E-state index in [0.29, 0.717) is 24.2 Å². The Morgan fingerprint density at radius 1 is 0.923 bits per heavy atom. The Labute approximate surface area is 229 Å². The number of nitrogens with one attached hydrogen (secondary N) is 3. The van der Waals surface area contributed by atoms with E-state index in [2.05, 4.69) is 16.0 Å². The maximum Gasteiger partial charge on any atom is 0.328 e. The van der Waals surface area contributed by atoms with Crippen LogP contribution < -0.4 is 16.0 Å². The average Bonchev–Trinajstić information content (AvgIpc) is 3.03. The van der Waals surface area contributed by atoms with Crippen molar-refractivity contribution < 1.29 is 24.3 Å². The number of imide groups is 1. The quantitative estimate of drug-likeness (QED) is 0.320. The van der Waals surface area contributed by atoms with Gasteiger partial charge >= 0.3 is 12.1 Å². The van der Waals surface area contributed by atoms with Gasteiger partial charge in [0.1, 0.15) is 11.6 Å². The number of carbonyl (C=O) groups is 4. The van der Waals surface area contributed by atoms with Crippen LogP contribution >= 0.6 is 0 Å². The average molecular weight is 538 g/mol. The maximum absolute atomic E-state index is 13.6. The van der Waals surface area contributed by atoms with Gasteiger partial charge in [0.2, 0.25) is 5.91 Å². The zero-order valence-electron chi connectivity index (χ0n) is 23.2. The highest BCUT2D eigenvalue weighted by atomic mass is 16.3. The van der Waals surface area contributed by atoms with Crippen molar-refractivity contribution in [3.05, 3.63) is 60.2 Å². The summed E-state index contributed by atoms with van der Waals surface area (Å²) in [5.74, 6) is -0.780.